The number of methoxy groups -OCH3 is 1. The molecule has 7 heteroatoms. The number of rotatable bonds is 6. The average molecular weight is 349 g/mol. The zero-order valence-electron chi connectivity index (χ0n) is 13.9. The number of aldehydes is 1. The molecule has 0 bridgehead atoms. The Morgan fingerprint density at radius 1 is 1.08 bits per heavy atom. The summed E-state index contributed by atoms with van der Waals surface area (Å²) in [5.74, 6) is 0.154. The van der Waals surface area contributed by atoms with Crippen LogP contribution in [0.3, 0.4) is 0 Å². The molecular formula is C19H15N3O4. The molecule has 0 radical (unpaired) electrons. The number of ether oxygens (including phenoxy) is 1. The van der Waals surface area contributed by atoms with E-state index in [4.69, 9.17) is 4.74 Å². The number of carbonyl (C=O) groups excluding carboxylic acids is 1. The van der Waals surface area contributed by atoms with Crippen LogP contribution in [0.25, 0.3) is 11.1 Å². The van der Waals surface area contributed by atoms with Gasteiger partial charge in [-0.25, -0.2) is 4.98 Å². The minimum Gasteiger partial charge on any atom is -0.481 e. The van der Waals surface area contributed by atoms with Gasteiger partial charge in [0.05, 0.1) is 24.3 Å². The Kier molecular flexibility index (Phi) is 4.89. The van der Waals surface area contributed by atoms with E-state index in [1.165, 1.54) is 19.4 Å². The van der Waals surface area contributed by atoms with Crippen molar-refractivity contribution in [2.45, 2.75) is 0 Å². The second-order valence-corrected chi connectivity index (χ2v) is 5.38. The Balaban J connectivity index is 2.08. The van der Waals surface area contributed by atoms with E-state index >= 15 is 0 Å². The number of aromatic nitrogens is 1. The van der Waals surface area contributed by atoms with Gasteiger partial charge in [-0.05, 0) is 11.6 Å². The van der Waals surface area contributed by atoms with Crippen LogP contribution in [0.2, 0.25) is 0 Å². The first-order valence-corrected chi connectivity index (χ1v) is 7.73. The largest absolute Gasteiger partial charge is 0.481 e. The van der Waals surface area contributed by atoms with Crippen LogP contribution >= 0.6 is 0 Å². The van der Waals surface area contributed by atoms with E-state index in [-0.39, 0.29) is 17.3 Å². The minimum absolute atomic E-state index is 0.154. The highest BCUT2D eigenvalue weighted by Crippen LogP contribution is 2.35. The summed E-state index contributed by atoms with van der Waals surface area (Å²) in [6, 6.07) is 15.7. The molecular weight excluding hydrogens is 334 g/mol. The van der Waals surface area contributed by atoms with Crippen molar-refractivity contribution in [3.05, 3.63) is 76.5 Å². The van der Waals surface area contributed by atoms with E-state index in [0.717, 1.165) is 17.4 Å². The quantitative estimate of drug-likeness (QED) is 0.407. The van der Waals surface area contributed by atoms with Crippen molar-refractivity contribution < 1.29 is 14.5 Å². The molecule has 0 saturated heterocycles. The van der Waals surface area contributed by atoms with Crippen molar-refractivity contribution in [2.24, 2.45) is 0 Å². The molecule has 0 atom stereocenters. The number of para-hydroxylation sites is 1. The lowest BCUT2D eigenvalue weighted by molar-refractivity contribution is -0.384. The van der Waals surface area contributed by atoms with Crippen LogP contribution in [-0.2, 0) is 0 Å². The number of carbonyl (C=O) groups is 1. The maximum Gasteiger partial charge on any atom is 0.299 e. The first kappa shape index (κ1) is 17.1. The molecule has 3 aromatic rings. The third-order valence-electron chi connectivity index (χ3n) is 3.84. The number of hydrogen-bond acceptors (Lipinski definition) is 6. The lowest BCUT2D eigenvalue weighted by atomic mass is 9.98. The monoisotopic (exact) mass is 349 g/mol. The Morgan fingerprint density at radius 2 is 1.77 bits per heavy atom. The maximum atomic E-state index is 11.4. The van der Waals surface area contributed by atoms with Gasteiger partial charge in [-0.1, -0.05) is 42.5 Å². The lowest BCUT2D eigenvalue weighted by Crippen LogP contribution is -2.01. The van der Waals surface area contributed by atoms with Crippen LogP contribution in [0.5, 0.6) is 5.88 Å². The van der Waals surface area contributed by atoms with Crippen molar-refractivity contribution in [1.82, 2.24) is 4.98 Å². The van der Waals surface area contributed by atoms with Crippen molar-refractivity contribution in [3.63, 3.8) is 0 Å². The Bertz CT molecular complexity index is 973. The van der Waals surface area contributed by atoms with Crippen molar-refractivity contribution in [1.29, 1.82) is 0 Å². The molecule has 130 valence electrons. The third-order valence-corrected chi connectivity index (χ3v) is 3.84. The SMILES string of the molecule is COc1cc([N+](=O)[O-])c(Nc2ccccc2-c2ccccc2C=O)cn1. The van der Waals surface area contributed by atoms with E-state index in [1.807, 2.05) is 24.3 Å². The van der Waals surface area contributed by atoms with Gasteiger partial charge in [-0.3, -0.25) is 14.9 Å². The molecule has 26 heavy (non-hydrogen) atoms. The second kappa shape index (κ2) is 7.43. The van der Waals surface area contributed by atoms with E-state index in [2.05, 4.69) is 10.3 Å². The zero-order valence-corrected chi connectivity index (χ0v) is 13.9. The molecule has 0 amide bonds. The first-order chi connectivity index (χ1) is 12.6. The summed E-state index contributed by atoms with van der Waals surface area (Å²) >= 11 is 0. The number of nitrogens with zero attached hydrogens (tertiary/aromatic N) is 2. The Labute approximate surface area is 149 Å². The normalized spacial score (nSPS) is 10.2. The fourth-order valence-corrected chi connectivity index (χ4v) is 2.60. The number of hydrogen-bond donors (Lipinski definition) is 1. The summed E-state index contributed by atoms with van der Waals surface area (Å²) in [7, 11) is 1.39. The van der Waals surface area contributed by atoms with Gasteiger partial charge in [-0.2, -0.15) is 0 Å². The molecule has 0 aliphatic rings. The van der Waals surface area contributed by atoms with E-state index in [0.29, 0.717) is 11.3 Å². The topological polar surface area (TPSA) is 94.4 Å². The van der Waals surface area contributed by atoms with Gasteiger partial charge in [0.25, 0.3) is 5.69 Å². The Hall–Kier alpha value is -3.74. The number of benzene rings is 2. The number of anilines is 2. The highest BCUT2D eigenvalue weighted by atomic mass is 16.6. The standard InChI is InChI=1S/C19H15N3O4/c1-26-19-10-18(22(24)25)17(11-20-19)21-16-9-5-4-8-15(16)14-7-3-2-6-13(14)12-23/h2-12,21H,1H3. The van der Waals surface area contributed by atoms with Gasteiger partial charge in [-0.15, -0.1) is 0 Å². The summed E-state index contributed by atoms with van der Waals surface area (Å²) in [6.45, 7) is 0. The molecule has 0 aliphatic carbocycles. The summed E-state index contributed by atoms with van der Waals surface area (Å²) in [5.41, 5.74) is 2.71. The third kappa shape index (κ3) is 3.36. The predicted octanol–water partition coefficient (Wildman–Crippen LogP) is 4.22. The van der Waals surface area contributed by atoms with Crippen LogP contribution in [0, 0.1) is 10.1 Å². The van der Waals surface area contributed by atoms with Gasteiger partial charge in [0.1, 0.15) is 5.69 Å². The highest BCUT2D eigenvalue weighted by Gasteiger charge is 2.18. The predicted molar refractivity (Wildman–Crippen MR) is 98.0 cm³/mol. The summed E-state index contributed by atoms with van der Waals surface area (Å²) in [5, 5.41) is 14.4. The van der Waals surface area contributed by atoms with Crippen molar-refractivity contribution in [3.8, 4) is 17.0 Å². The van der Waals surface area contributed by atoms with Crippen LogP contribution < -0.4 is 10.1 Å². The fraction of sp³-hybridized carbons (Fsp3) is 0.0526. The second-order valence-electron chi connectivity index (χ2n) is 5.38. The maximum absolute atomic E-state index is 11.4. The zero-order chi connectivity index (χ0) is 18.5. The van der Waals surface area contributed by atoms with E-state index in [9.17, 15) is 14.9 Å². The molecule has 0 unspecified atom stereocenters. The van der Waals surface area contributed by atoms with Gasteiger partial charge in [0.15, 0.2) is 6.29 Å². The number of pyridine rings is 1. The van der Waals surface area contributed by atoms with E-state index < -0.39 is 4.92 Å². The Morgan fingerprint density at radius 3 is 2.46 bits per heavy atom. The van der Waals surface area contributed by atoms with Gasteiger partial charge >= 0.3 is 0 Å². The van der Waals surface area contributed by atoms with Crippen LogP contribution in [0.4, 0.5) is 17.1 Å². The van der Waals surface area contributed by atoms with Crippen LogP contribution in [0.1, 0.15) is 10.4 Å². The van der Waals surface area contributed by atoms with Gasteiger partial charge in [0, 0.05) is 16.8 Å². The van der Waals surface area contributed by atoms with Crippen molar-refractivity contribution >= 4 is 23.3 Å². The molecule has 1 N–H and O–H groups in total. The number of nitrogens with one attached hydrogen (secondary N) is 1. The van der Waals surface area contributed by atoms with Crippen LogP contribution in [-0.4, -0.2) is 23.3 Å². The molecule has 1 heterocycles. The number of nitro groups is 1. The van der Waals surface area contributed by atoms with Crippen LogP contribution in [0.15, 0.2) is 60.8 Å². The molecule has 2 aromatic carbocycles. The fourth-order valence-electron chi connectivity index (χ4n) is 2.60. The lowest BCUT2D eigenvalue weighted by Gasteiger charge is -2.14. The summed E-state index contributed by atoms with van der Waals surface area (Å²) in [6.07, 6.45) is 2.13. The highest BCUT2D eigenvalue weighted by molar-refractivity contribution is 5.92. The van der Waals surface area contributed by atoms with Gasteiger partial charge in [0.2, 0.25) is 5.88 Å². The van der Waals surface area contributed by atoms with Crippen molar-refractivity contribution in [2.75, 3.05) is 12.4 Å². The molecule has 1 aromatic heterocycles. The molecule has 0 aliphatic heterocycles. The molecule has 7 nitrogen and oxygen atoms in total. The first-order valence-electron chi connectivity index (χ1n) is 7.73. The van der Waals surface area contributed by atoms with E-state index in [1.54, 1.807) is 24.3 Å². The average Bonchev–Trinajstić information content (AvgIpc) is 2.68. The molecule has 0 saturated carbocycles. The minimum atomic E-state index is -0.505. The summed E-state index contributed by atoms with van der Waals surface area (Å²) < 4.78 is 4.95. The molecule has 3 rings (SSSR count). The summed E-state index contributed by atoms with van der Waals surface area (Å²) in [4.78, 5) is 26.2. The molecule has 0 spiro atoms. The smallest absolute Gasteiger partial charge is 0.299 e. The molecule has 0 fully saturated rings. The van der Waals surface area contributed by atoms with Gasteiger partial charge < -0.3 is 10.1 Å².